The summed E-state index contributed by atoms with van der Waals surface area (Å²) in [6.45, 7) is 9.31. The predicted octanol–water partition coefficient (Wildman–Crippen LogP) is 6.71. The number of rotatable bonds is 12. The number of aromatic nitrogens is 3. The van der Waals surface area contributed by atoms with E-state index in [4.69, 9.17) is 27.2 Å². The molecule has 1 saturated carbocycles. The summed E-state index contributed by atoms with van der Waals surface area (Å²) in [5.74, 6) is -2.25. The maximum absolute atomic E-state index is 14.2. The molecule has 2 aromatic heterocycles. The molecule has 0 saturated heterocycles. The summed E-state index contributed by atoms with van der Waals surface area (Å²) in [6, 6.07) is 3.58. The lowest BCUT2D eigenvalue weighted by Crippen LogP contribution is -2.28. The lowest BCUT2D eigenvalue weighted by Gasteiger charge is -2.31. The SMILES string of the molecule is [2H]C([2H])([2H])O[C@@H](c1ccc2c(c(Nc3c/c(=N\C(=O)C4CC4)n(COP(=O)(OC(C)(C)C)OC(C)(C)C)cc3C(=O)OC)nn2C)c1OC)C(F)(F)F. The van der Waals surface area contributed by atoms with E-state index in [-0.39, 0.29) is 39.4 Å². The molecule has 3 aromatic rings. The highest BCUT2D eigenvalue weighted by molar-refractivity contribution is 7.48. The highest BCUT2D eigenvalue weighted by atomic mass is 31.2. The zero-order chi connectivity index (χ0) is 39.9. The molecular formula is C32H43F3N5O9P. The van der Waals surface area contributed by atoms with Gasteiger partial charge in [-0.05, 0) is 60.5 Å². The Morgan fingerprint density at radius 1 is 1.12 bits per heavy atom. The second-order valence-corrected chi connectivity index (χ2v) is 15.0. The van der Waals surface area contributed by atoms with E-state index < -0.39 is 68.3 Å². The number of hydrogen-bond acceptors (Lipinski definition) is 11. The Balaban J connectivity index is 1.91. The molecule has 1 atom stereocenters. The number of esters is 1. The van der Waals surface area contributed by atoms with Crippen LogP contribution in [0.3, 0.4) is 0 Å². The second kappa shape index (κ2) is 14.5. The molecule has 1 fully saturated rings. The molecule has 0 radical (unpaired) electrons. The highest BCUT2D eigenvalue weighted by Gasteiger charge is 2.43. The summed E-state index contributed by atoms with van der Waals surface area (Å²) in [7, 11) is -4.02. The van der Waals surface area contributed by atoms with E-state index in [0.29, 0.717) is 12.8 Å². The van der Waals surface area contributed by atoms with E-state index in [0.717, 1.165) is 20.3 Å². The molecule has 0 aliphatic heterocycles. The first-order valence-corrected chi connectivity index (χ1v) is 16.8. The summed E-state index contributed by atoms with van der Waals surface area (Å²) < 4.78 is 113. The Labute approximate surface area is 291 Å². The Morgan fingerprint density at radius 2 is 1.76 bits per heavy atom. The first-order valence-electron chi connectivity index (χ1n) is 16.9. The van der Waals surface area contributed by atoms with Crippen molar-refractivity contribution in [1.29, 1.82) is 0 Å². The number of aryl methyl sites for hydroxylation is 1. The van der Waals surface area contributed by atoms with Gasteiger partial charge in [-0.3, -0.25) is 23.0 Å². The van der Waals surface area contributed by atoms with Crippen molar-refractivity contribution in [2.45, 2.75) is 84.6 Å². The van der Waals surface area contributed by atoms with Gasteiger partial charge < -0.3 is 24.1 Å². The van der Waals surface area contributed by atoms with Crippen LogP contribution in [0.5, 0.6) is 5.75 Å². The lowest BCUT2D eigenvalue weighted by molar-refractivity contribution is -0.216. The van der Waals surface area contributed by atoms with Gasteiger partial charge in [0.2, 0.25) is 0 Å². The largest absolute Gasteiger partial charge is 0.496 e. The maximum atomic E-state index is 14.2. The normalized spacial score (nSPS) is 16.5. The molecule has 276 valence electrons. The summed E-state index contributed by atoms with van der Waals surface area (Å²) >= 11 is 0. The quantitative estimate of drug-likeness (QED) is 0.156. The number of amides is 1. The van der Waals surface area contributed by atoms with Gasteiger partial charge in [-0.15, -0.1) is 0 Å². The highest BCUT2D eigenvalue weighted by Crippen LogP contribution is 2.55. The van der Waals surface area contributed by atoms with Crippen molar-refractivity contribution >= 4 is 42.1 Å². The number of nitrogens with zero attached hydrogens (tertiary/aromatic N) is 4. The molecule has 0 bridgehead atoms. The minimum absolute atomic E-state index is 0.0288. The summed E-state index contributed by atoms with van der Waals surface area (Å²) in [4.78, 5) is 30.4. The van der Waals surface area contributed by atoms with Gasteiger partial charge in [-0.2, -0.15) is 23.3 Å². The van der Waals surface area contributed by atoms with Gasteiger partial charge in [-0.1, -0.05) is 6.07 Å². The van der Waals surface area contributed by atoms with Crippen molar-refractivity contribution in [3.63, 3.8) is 0 Å². The number of carbonyl (C=O) groups is 2. The number of benzene rings is 1. The van der Waals surface area contributed by atoms with Crippen LogP contribution >= 0.6 is 7.82 Å². The minimum Gasteiger partial charge on any atom is -0.496 e. The van der Waals surface area contributed by atoms with Crippen molar-refractivity contribution in [1.82, 2.24) is 14.3 Å². The molecule has 1 aliphatic carbocycles. The third kappa shape index (κ3) is 9.31. The van der Waals surface area contributed by atoms with Crippen molar-refractivity contribution < 1.29 is 59.2 Å². The maximum Gasteiger partial charge on any atom is 0.477 e. The lowest BCUT2D eigenvalue weighted by atomic mass is 10.0. The first-order chi connectivity index (χ1) is 24.2. The van der Waals surface area contributed by atoms with Crippen LogP contribution < -0.4 is 15.5 Å². The van der Waals surface area contributed by atoms with Crippen LogP contribution in [-0.4, -0.2) is 64.9 Å². The molecule has 1 amide bonds. The van der Waals surface area contributed by atoms with Crippen LogP contribution in [-0.2, 0) is 46.2 Å². The molecule has 1 aliphatic rings. The molecule has 1 N–H and O–H groups in total. The van der Waals surface area contributed by atoms with E-state index in [1.165, 1.54) is 34.6 Å². The molecule has 14 nitrogen and oxygen atoms in total. The number of carbonyl (C=O) groups excluding carboxylic acids is 2. The van der Waals surface area contributed by atoms with E-state index in [2.05, 4.69) is 20.1 Å². The first kappa shape index (κ1) is 34.7. The average Bonchev–Trinajstić information content (AvgIpc) is 3.80. The number of ether oxygens (including phenoxy) is 3. The Morgan fingerprint density at radius 3 is 2.28 bits per heavy atom. The van der Waals surface area contributed by atoms with Crippen LogP contribution in [0, 0.1) is 5.92 Å². The molecule has 2 heterocycles. The molecule has 0 spiro atoms. The number of phosphoric ester groups is 1. The van der Waals surface area contributed by atoms with E-state index >= 15 is 0 Å². The van der Waals surface area contributed by atoms with Crippen LogP contribution in [0.25, 0.3) is 10.9 Å². The van der Waals surface area contributed by atoms with Gasteiger partial charge in [0.05, 0.1) is 51.7 Å². The number of pyridine rings is 1. The predicted molar refractivity (Wildman–Crippen MR) is 176 cm³/mol. The second-order valence-electron chi connectivity index (χ2n) is 13.5. The van der Waals surface area contributed by atoms with E-state index in [9.17, 15) is 27.3 Å². The number of anilines is 2. The number of fused-ring (bicyclic) bond motifs is 1. The summed E-state index contributed by atoms with van der Waals surface area (Å²) in [5, 5.41) is 7.28. The zero-order valence-electron chi connectivity index (χ0n) is 32.1. The average molecular weight is 733 g/mol. The minimum atomic E-state index is -5.16. The molecule has 18 heteroatoms. The number of phosphoric acid groups is 1. The smallest absolute Gasteiger partial charge is 0.477 e. The molecular weight excluding hydrogens is 686 g/mol. The zero-order valence-corrected chi connectivity index (χ0v) is 30.0. The third-order valence-electron chi connectivity index (χ3n) is 6.98. The molecule has 1 aromatic carbocycles. The van der Waals surface area contributed by atoms with Gasteiger partial charge in [0.25, 0.3) is 5.91 Å². The van der Waals surface area contributed by atoms with Crippen LogP contribution in [0.2, 0.25) is 0 Å². The molecule has 0 unspecified atom stereocenters. The Hall–Kier alpha value is -3.76. The topological polar surface area (TPSA) is 154 Å². The number of alkyl halides is 3. The summed E-state index contributed by atoms with van der Waals surface area (Å²) in [6.07, 6.45) is -5.63. The van der Waals surface area contributed by atoms with Crippen molar-refractivity contribution in [2.24, 2.45) is 18.0 Å². The fourth-order valence-corrected chi connectivity index (χ4v) is 6.61. The van der Waals surface area contributed by atoms with Crippen molar-refractivity contribution in [3.8, 4) is 5.75 Å². The number of methoxy groups -OCH3 is 3. The van der Waals surface area contributed by atoms with Crippen LogP contribution in [0.15, 0.2) is 29.4 Å². The van der Waals surface area contributed by atoms with Crippen molar-refractivity contribution in [2.75, 3.05) is 26.6 Å². The molecule has 4 rings (SSSR count). The summed E-state index contributed by atoms with van der Waals surface area (Å²) in [5.41, 5.74) is -2.68. The van der Waals surface area contributed by atoms with Gasteiger partial charge >= 0.3 is 20.0 Å². The third-order valence-corrected chi connectivity index (χ3v) is 8.96. The van der Waals surface area contributed by atoms with E-state index in [1.807, 2.05) is 0 Å². The number of hydrogen-bond donors (Lipinski definition) is 1. The number of nitrogens with one attached hydrogen (secondary N) is 1. The Kier molecular flexibility index (Phi) is 10.0. The van der Waals surface area contributed by atoms with Gasteiger partial charge in [0.1, 0.15) is 18.0 Å². The monoisotopic (exact) mass is 732 g/mol. The van der Waals surface area contributed by atoms with E-state index in [1.54, 1.807) is 41.5 Å². The van der Waals surface area contributed by atoms with Gasteiger partial charge in [0, 0.05) is 37.8 Å². The number of halogens is 3. The van der Waals surface area contributed by atoms with Gasteiger partial charge in [-0.25, -0.2) is 9.36 Å². The van der Waals surface area contributed by atoms with Crippen molar-refractivity contribution in [3.05, 3.63) is 41.0 Å². The Bertz CT molecular complexity index is 1960. The fourth-order valence-electron chi connectivity index (χ4n) is 4.86. The standard InChI is InChI=1S/C32H43F3N5O9P/c1-30(2,3)48-50(43,49-31(4,5)6)47-17-40-16-20(29(42)46-10)21(15-23(40)37-28(41)18-11-12-18)36-27-24-22(39(7)38-27)14-13-19(25(24)44-8)26(45-9)32(33,34)35/h13-16,18,26H,11-12,17H2,1-10H3,(H,36,38)/b37-23+/t26-/m0/s1/i9D3. The fraction of sp³-hybridized carbons (Fsp3) is 0.562. The van der Waals surface area contributed by atoms with Crippen LogP contribution in [0.1, 0.15) is 80.5 Å². The van der Waals surface area contributed by atoms with Gasteiger partial charge in [0.15, 0.2) is 11.9 Å². The molecule has 50 heavy (non-hydrogen) atoms. The van der Waals surface area contributed by atoms with Crippen LogP contribution in [0.4, 0.5) is 24.7 Å².